The number of nitrogens with zero attached hydrogens (tertiary/aromatic N) is 1. The summed E-state index contributed by atoms with van der Waals surface area (Å²) in [6.45, 7) is 4.54. The number of fused-ring (bicyclic) bond motifs is 1. The Bertz CT molecular complexity index is 1050. The van der Waals surface area contributed by atoms with Crippen molar-refractivity contribution in [2.45, 2.75) is 26.3 Å². The molecule has 8 nitrogen and oxygen atoms in total. The number of carbonyl (C=O) groups is 2. The predicted molar refractivity (Wildman–Crippen MR) is 131 cm³/mol. The van der Waals surface area contributed by atoms with Gasteiger partial charge in [0.1, 0.15) is 5.82 Å². The van der Waals surface area contributed by atoms with E-state index >= 15 is 0 Å². The molecular formula is C24H30N4O4S. The van der Waals surface area contributed by atoms with E-state index in [2.05, 4.69) is 20.6 Å². The van der Waals surface area contributed by atoms with Crippen molar-refractivity contribution in [3.05, 3.63) is 53.9 Å². The first-order chi connectivity index (χ1) is 16.0. The number of ether oxygens (including phenoxy) is 2. The van der Waals surface area contributed by atoms with Gasteiger partial charge in [0.15, 0.2) is 11.5 Å². The van der Waals surface area contributed by atoms with Crippen molar-refractivity contribution < 1.29 is 19.1 Å². The van der Waals surface area contributed by atoms with Crippen LogP contribution < -0.4 is 20.1 Å². The third kappa shape index (κ3) is 6.64. The molecule has 0 aliphatic rings. The maximum atomic E-state index is 12.6. The average Bonchev–Trinajstić information content (AvgIpc) is 3.26. The number of para-hydroxylation sites is 2. The van der Waals surface area contributed by atoms with E-state index in [4.69, 9.17) is 9.47 Å². The highest BCUT2D eigenvalue weighted by Gasteiger charge is 2.19. The molecule has 3 rings (SSSR count). The molecule has 2 aromatic carbocycles. The summed E-state index contributed by atoms with van der Waals surface area (Å²) in [5.41, 5.74) is 2.17. The topological polar surface area (TPSA) is 105 Å². The van der Waals surface area contributed by atoms with Crippen molar-refractivity contribution in [3.8, 4) is 11.5 Å². The van der Waals surface area contributed by atoms with E-state index < -0.39 is 0 Å². The van der Waals surface area contributed by atoms with Crippen LogP contribution in [0.25, 0.3) is 11.0 Å². The highest BCUT2D eigenvalue weighted by atomic mass is 32.2. The predicted octanol–water partition coefficient (Wildman–Crippen LogP) is 3.70. The molecule has 3 aromatic rings. The van der Waals surface area contributed by atoms with Crippen LogP contribution in [0.4, 0.5) is 0 Å². The number of hydrogen-bond donors (Lipinski definition) is 3. The molecule has 0 saturated carbocycles. The number of aromatic amines is 1. The summed E-state index contributed by atoms with van der Waals surface area (Å²) in [6, 6.07) is 12.4. The van der Waals surface area contributed by atoms with Crippen LogP contribution in [0.5, 0.6) is 11.5 Å². The van der Waals surface area contributed by atoms with Crippen LogP contribution in [0.2, 0.25) is 0 Å². The van der Waals surface area contributed by atoms with Crippen LogP contribution >= 0.6 is 11.8 Å². The normalized spacial score (nSPS) is 11.7. The fourth-order valence-electron chi connectivity index (χ4n) is 3.35. The van der Waals surface area contributed by atoms with Crippen molar-refractivity contribution >= 4 is 34.6 Å². The first-order valence-corrected chi connectivity index (χ1v) is 12.4. The largest absolute Gasteiger partial charge is 0.490 e. The van der Waals surface area contributed by atoms with Gasteiger partial charge in [0.2, 0.25) is 5.91 Å². The van der Waals surface area contributed by atoms with Crippen molar-refractivity contribution in [2.24, 2.45) is 0 Å². The van der Waals surface area contributed by atoms with Gasteiger partial charge < -0.3 is 25.1 Å². The van der Waals surface area contributed by atoms with Gasteiger partial charge in [0, 0.05) is 5.56 Å². The SMILES string of the molecule is CCOc1ccc(C(=O)NCC(=O)N[C@@H](CCSC)c2nc3ccccc3[nH]2)cc1OCC. The first kappa shape index (κ1) is 24.4. The highest BCUT2D eigenvalue weighted by Crippen LogP contribution is 2.28. The lowest BCUT2D eigenvalue weighted by Gasteiger charge is -2.17. The maximum Gasteiger partial charge on any atom is 0.251 e. The molecule has 0 aliphatic heterocycles. The molecule has 2 amide bonds. The smallest absolute Gasteiger partial charge is 0.251 e. The van der Waals surface area contributed by atoms with Gasteiger partial charge in [0.05, 0.1) is 36.8 Å². The first-order valence-electron chi connectivity index (χ1n) is 11.0. The summed E-state index contributed by atoms with van der Waals surface area (Å²) in [6.07, 6.45) is 2.74. The third-order valence-electron chi connectivity index (χ3n) is 4.90. The zero-order chi connectivity index (χ0) is 23.6. The molecule has 33 heavy (non-hydrogen) atoms. The summed E-state index contributed by atoms with van der Waals surface area (Å²) in [7, 11) is 0. The average molecular weight is 471 g/mol. The lowest BCUT2D eigenvalue weighted by atomic mass is 10.2. The zero-order valence-corrected chi connectivity index (χ0v) is 20.0. The lowest BCUT2D eigenvalue weighted by Crippen LogP contribution is -2.39. The van der Waals surface area contributed by atoms with Crippen LogP contribution in [0.1, 0.15) is 42.5 Å². The monoisotopic (exact) mass is 470 g/mol. The molecule has 176 valence electrons. The number of nitrogens with one attached hydrogen (secondary N) is 3. The number of H-pyrrole nitrogens is 1. The molecule has 0 bridgehead atoms. The molecule has 1 aromatic heterocycles. The van der Waals surface area contributed by atoms with Gasteiger partial charge in [-0.1, -0.05) is 12.1 Å². The van der Waals surface area contributed by atoms with E-state index in [1.807, 2.05) is 44.4 Å². The Labute approximate surface area is 197 Å². The van der Waals surface area contributed by atoms with E-state index in [1.54, 1.807) is 30.0 Å². The fourth-order valence-corrected chi connectivity index (χ4v) is 3.82. The molecule has 0 fully saturated rings. The minimum absolute atomic E-state index is 0.147. The minimum Gasteiger partial charge on any atom is -0.490 e. The van der Waals surface area contributed by atoms with Gasteiger partial charge in [0.25, 0.3) is 5.91 Å². The number of benzene rings is 2. The number of imidazole rings is 1. The van der Waals surface area contributed by atoms with Gasteiger partial charge in [-0.3, -0.25) is 9.59 Å². The Hall–Kier alpha value is -3.20. The summed E-state index contributed by atoms with van der Waals surface area (Å²) < 4.78 is 11.1. The number of carbonyl (C=O) groups excluding carboxylic acids is 2. The zero-order valence-electron chi connectivity index (χ0n) is 19.1. The second-order valence-electron chi connectivity index (χ2n) is 7.25. The van der Waals surface area contributed by atoms with Crippen molar-refractivity contribution in [2.75, 3.05) is 31.8 Å². The molecule has 0 spiro atoms. The fraction of sp³-hybridized carbons (Fsp3) is 0.375. The summed E-state index contributed by atoms with van der Waals surface area (Å²) in [5, 5.41) is 5.66. The molecule has 0 saturated heterocycles. The van der Waals surface area contributed by atoms with E-state index in [0.717, 1.165) is 23.2 Å². The van der Waals surface area contributed by atoms with Gasteiger partial charge in [-0.2, -0.15) is 11.8 Å². The van der Waals surface area contributed by atoms with Gasteiger partial charge in [-0.15, -0.1) is 0 Å². The summed E-state index contributed by atoms with van der Waals surface area (Å²) >= 11 is 1.70. The molecule has 0 aliphatic carbocycles. The third-order valence-corrected chi connectivity index (χ3v) is 5.54. The van der Waals surface area contributed by atoms with Crippen LogP contribution in [0.3, 0.4) is 0 Å². The van der Waals surface area contributed by atoms with E-state index in [-0.39, 0.29) is 24.4 Å². The van der Waals surface area contributed by atoms with Gasteiger partial charge >= 0.3 is 0 Å². The van der Waals surface area contributed by atoms with Crippen molar-refractivity contribution in [1.29, 1.82) is 0 Å². The van der Waals surface area contributed by atoms with E-state index in [9.17, 15) is 9.59 Å². The molecular weight excluding hydrogens is 440 g/mol. The Kier molecular flexibility index (Phi) is 9.00. The van der Waals surface area contributed by atoms with Gasteiger partial charge in [-0.05, 0) is 62.6 Å². The lowest BCUT2D eigenvalue weighted by molar-refractivity contribution is -0.120. The Morgan fingerprint density at radius 2 is 1.85 bits per heavy atom. The molecule has 1 heterocycles. The van der Waals surface area contributed by atoms with Crippen LogP contribution in [-0.4, -0.2) is 53.5 Å². The van der Waals surface area contributed by atoms with Crippen LogP contribution in [0, 0.1) is 0 Å². The van der Waals surface area contributed by atoms with Crippen LogP contribution in [0.15, 0.2) is 42.5 Å². The Morgan fingerprint density at radius 1 is 1.09 bits per heavy atom. The molecule has 3 N–H and O–H groups in total. The molecule has 0 radical (unpaired) electrons. The maximum absolute atomic E-state index is 12.6. The second-order valence-corrected chi connectivity index (χ2v) is 8.24. The number of aromatic nitrogens is 2. The summed E-state index contributed by atoms with van der Waals surface area (Å²) in [5.74, 6) is 2.00. The number of amides is 2. The second kappa shape index (κ2) is 12.2. The molecule has 9 heteroatoms. The Balaban J connectivity index is 1.63. The van der Waals surface area contributed by atoms with Gasteiger partial charge in [-0.25, -0.2) is 4.98 Å². The van der Waals surface area contributed by atoms with E-state index in [0.29, 0.717) is 36.1 Å². The van der Waals surface area contributed by atoms with Crippen molar-refractivity contribution in [1.82, 2.24) is 20.6 Å². The highest BCUT2D eigenvalue weighted by molar-refractivity contribution is 7.98. The standard InChI is InChI=1S/C24H30N4O4S/c1-4-31-20-11-10-16(14-21(20)32-5-2)24(30)25-15-22(29)26-19(12-13-33-3)23-27-17-8-6-7-9-18(17)28-23/h6-11,14,19H,4-5,12-13,15H2,1-3H3,(H,25,30)(H,26,29)(H,27,28)/t19-/m0/s1. The molecule has 1 atom stereocenters. The summed E-state index contributed by atoms with van der Waals surface area (Å²) in [4.78, 5) is 33.1. The number of hydrogen-bond acceptors (Lipinski definition) is 6. The number of thioether (sulfide) groups is 1. The van der Waals surface area contributed by atoms with E-state index in [1.165, 1.54) is 0 Å². The number of rotatable bonds is 12. The minimum atomic E-state index is -0.362. The molecule has 0 unspecified atom stereocenters. The quantitative estimate of drug-likeness (QED) is 0.373. The Morgan fingerprint density at radius 3 is 2.58 bits per heavy atom. The van der Waals surface area contributed by atoms with Crippen molar-refractivity contribution in [3.63, 3.8) is 0 Å². The van der Waals surface area contributed by atoms with Crippen LogP contribution in [-0.2, 0) is 4.79 Å².